The van der Waals surface area contributed by atoms with E-state index in [2.05, 4.69) is 38.3 Å². The van der Waals surface area contributed by atoms with E-state index in [0.717, 1.165) is 38.6 Å². The molecule has 1 aromatic carbocycles. The number of nitrogens with one attached hydrogen (secondary N) is 2. The molecule has 1 atom stereocenters. The number of fused-ring (bicyclic) bond motifs is 1. The number of nitrogens with zero attached hydrogens (tertiary/aromatic N) is 2. The summed E-state index contributed by atoms with van der Waals surface area (Å²) in [5.74, 6) is 0.373. The van der Waals surface area contributed by atoms with Crippen LogP contribution in [0.15, 0.2) is 45.6 Å². The fourth-order valence-electron chi connectivity index (χ4n) is 4.41. The minimum absolute atomic E-state index is 0.120. The van der Waals surface area contributed by atoms with Gasteiger partial charge in [-0.05, 0) is 60.9 Å². The van der Waals surface area contributed by atoms with Crippen molar-refractivity contribution in [2.45, 2.75) is 56.4 Å². The molecule has 0 saturated heterocycles. The largest absolute Gasteiger partial charge is 0.325 e. The minimum Gasteiger partial charge on any atom is -0.325 e. The zero-order chi connectivity index (χ0) is 22.6. The van der Waals surface area contributed by atoms with Crippen LogP contribution >= 0.6 is 11.3 Å². The van der Waals surface area contributed by atoms with Crippen LogP contribution in [-0.2, 0) is 21.2 Å². The van der Waals surface area contributed by atoms with Crippen LogP contribution in [0.1, 0.15) is 55.5 Å². The van der Waals surface area contributed by atoms with Crippen LogP contribution in [0.25, 0.3) is 0 Å². The molecule has 1 unspecified atom stereocenters. The highest BCUT2D eigenvalue weighted by atomic mass is 32.2. The van der Waals surface area contributed by atoms with E-state index in [9.17, 15) is 13.2 Å². The molecule has 0 fully saturated rings. The third kappa shape index (κ3) is 5.39. The van der Waals surface area contributed by atoms with Crippen molar-refractivity contribution in [2.75, 3.05) is 25.0 Å². The van der Waals surface area contributed by atoms with E-state index >= 15 is 0 Å². The highest BCUT2D eigenvalue weighted by Crippen LogP contribution is 2.34. The first-order valence-corrected chi connectivity index (χ1v) is 13.6. The number of benzene rings is 1. The van der Waals surface area contributed by atoms with Crippen LogP contribution < -0.4 is 10.0 Å². The number of amides is 1. The van der Waals surface area contributed by atoms with Crippen molar-refractivity contribution in [1.82, 2.24) is 9.62 Å². The zero-order valence-electron chi connectivity index (χ0n) is 18.3. The Balaban J connectivity index is 1.41. The lowest BCUT2D eigenvalue weighted by molar-refractivity contribution is -0.118. The SMILES string of the molecule is CCC1c2ccsc2CCN1CC(=O)Nc1cccc(S(=O)(=O)NC2=NCCCCC2)c1. The number of hydrogen-bond donors (Lipinski definition) is 2. The van der Waals surface area contributed by atoms with Crippen molar-refractivity contribution in [3.8, 4) is 0 Å². The van der Waals surface area contributed by atoms with Crippen LogP contribution in [0, 0.1) is 0 Å². The lowest BCUT2D eigenvalue weighted by Crippen LogP contribution is -2.40. The molecule has 2 aromatic rings. The predicted molar refractivity (Wildman–Crippen MR) is 129 cm³/mol. The van der Waals surface area contributed by atoms with Crippen LogP contribution in [0.5, 0.6) is 0 Å². The van der Waals surface area contributed by atoms with Crippen molar-refractivity contribution in [2.24, 2.45) is 4.99 Å². The molecule has 0 saturated carbocycles. The number of anilines is 1. The van der Waals surface area contributed by atoms with Gasteiger partial charge in [0.25, 0.3) is 10.0 Å². The van der Waals surface area contributed by atoms with Gasteiger partial charge in [0.15, 0.2) is 0 Å². The minimum atomic E-state index is -3.74. The van der Waals surface area contributed by atoms with Gasteiger partial charge >= 0.3 is 0 Å². The van der Waals surface area contributed by atoms with Gasteiger partial charge < -0.3 is 5.32 Å². The number of aliphatic imine (C=N–C) groups is 1. The van der Waals surface area contributed by atoms with Gasteiger partial charge in [-0.15, -0.1) is 11.3 Å². The van der Waals surface area contributed by atoms with Crippen molar-refractivity contribution >= 4 is 38.8 Å². The standard InChI is InChI=1S/C23H30N4O3S2/c1-2-20-19-11-14-31-21(19)10-13-27(20)16-23(28)25-17-7-6-8-18(15-17)32(29,30)26-22-9-4-3-5-12-24-22/h6-8,11,14-15,20H,2-5,9-10,12-13,16H2,1H3,(H,24,26)(H,25,28). The number of thiophene rings is 1. The molecule has 0 spiro atoms. The topological polar surface area (TPSA) is 90.9 Å². The Bertz CT molecular complexity index is 1090. The molecule has 172 valence electrons. The first-order valence-electron chi connectivity index (χ1n) is 11.2. The highest BCUT2D eigenvalue weighted by molar-refractivity contribution is 7.90. The van der Waals surface area contributed by atoms with Crippen LogP contribution in [0.3, 0.4) is 0 Å². The fraction of sp³-hybridized carbons (Fsp3) is 0.478. The van der Waals surface area contributed by atoms with E-state index in [0.29, 0.717) is 24.5 Å². The van der Waals surface area contributed by atoms with Crippen LogP contribution in [0.4, 0.5) is 5.69 Å². The lowest BCUT2D eigenvalue weighted by Gasteiger charge is -2.34. The summed E-state index contributed by atoms with van der Waals surface area (Å²) in [5.41, 5.74) is 1.80. The molecular formula is C23H30N4O3S2. The molecule has 4 rings (SSSR count). The van der Waals surface area contributed by atoms with Crippen molar-refractivity contribution in [3.63, 3.8) is 0 Å². The van der Waals surface area contributed by atoms with E-state index in [-0.39, 0.29) is 23.4 Å². The number of carbonyl (C=O) groups is 1. The summed E-state index contributed by atoms with van der Waals surface area (Å²) >= 11 is 1.79. The van der Waals surface area contributed by atoms with Gasteiger partial charge in [0.1, 0.15) is 5.84 Å². The van der Waals surface area contributed by atoms with E-state index in [1.165, 1.54) is 22.6 Å². The molecule has 9 heteroatoms. The number of carbonyl (C=O) groups excluding carboxylic acids is 1. The Morgan fingerprint density at radius 3 is 2.94 bits per heavy atom. The van der Waals surface area contributed by atoms with Crippen molar-refractivity contribution in [1.29, 1.82) is 0 Å². The summed E-state index contributed by atoms with van der Waals surface area (Å²) in [6.45, 7) is 3.91. The normalized spacial score (nSPS) is 19.5. The molecule has 3 heterocycles. The van der Waals surface area contributed by atoms with Crippen LogP contribution in [-0.4, -0.2) is 44.7 Å². The average Bonchev–Trinajstić information content (AvgIpc) is 3.10. The average molecular weight is 475 g/mol. The molecule has 0 aliphatic carbocycles. The molecule has 0 bridgehead atoms. The molecule has 2 aliphatic rings. The molecule has 2 aliphatic heterocycles. The Labute approximate surface area is 194 Å². The van der Waals surface area contributed by atoms with E-state index in [1.54, 1.807) is 23.5 Å². The number of sulfonamides is 1. The summed E-state index contributed by atoms with van der Waals surface area (Å²) in [6, 6.07) is 8.80. The maximum atomic E-state index is 12.8. The molecule has 2 N–H and O–H groups in total. The summed E-state index contributed by atoms with van der Waals surface area (Å²) in [4.78, 5) is 20.9. The van der Waals surface area contributed by atoms with Crippen molar-refractivity contribution in [3.05, 3.63) is 46.2 Å². The second kappa shape index (κ2) is 10.1. The second-order valence-corrected chi connectivity index (χ2v) is 10.9. The molecule has 1 amide bonds. The van der Waals surface area contributed by atoms with Gasteiger partial charge in [0.05, 0.1) is 11.4 Å². The van der Waals surface area contributed by atoms with E-state index in [4.69, 9.17) is 0 Å². The Kier molecular flexibility index (Phi) is 7.27. The first kappa shape index (κ1) is 22.9. The van der Waals surface area contributed by atoms with E-state index in [1.807, 2.05) is 0 Å². The van der Waals surface area contributed by atoms with Gasteiger partial charge in [-0.3, -0.25) is 19.4 Å². The smallest absolute Gasteiger partial charge is 0.262 e. The lowest BCUT2D eigenvalue weighted by atomic mass is 9.98. The Morgan fingerprint density at radius 1 is 1.22 bits per heavy atom. The zero-order valence-corrected chi connectivity index (χ0v) is 20.0. The molecule has 0 radical (unpaired) electrons. The van der Waals surface area contributed by atoms with Gasteiger partial charge in [-0.1, -0.05) is 19.4 Å². The summed E-state index contributed by atoms with van der Waals surface area (Å²) in [7, 11) is -3.74. The van der Waals surface area contributed by atoms with Gasteiger partial charge in [0.2, 0.25) is 5.91 Å². The Hall–Kier alpha value is -2.23. The number of hydrogen-bond acceptors (Lipinski definition) is 6. The fourth-order valence-corrected chi connectivity index (χ4v) is 6.48. The maximum absolute atomic E-state index is 12.8. The molecule has 7 nitrogen and oxygen atoms in total. The summed E-state index contributed by atoms with van der Waals surface area (Å²) in [6.07, 6.45) is 5.51. The molecule has 1 aromatic heterocycles. The third-order valence-corrected chi connectivity index (χ3v) is 8.37. The van der Waals surface area contributed by atoms with E-state index < -0.39 is 10.0 Å². The molecular weight excluding hydrogens is 444 g/mol. The number of rotatable bonds is 6. The summed E-state index contributed by atoms with van der Waals surface area (Å²) < 4.78 is 28.3. The maximum Gasteiger partial charge on any atom is 0.262 e. The predicted octanol–water partition coefficient (Wildman–Crippen LogP) is 3.95. The summed E-state index contributed by atoms with van der Waals surface area (Å²) in [5, 5.41) is 5.00. The monoisotopic (exact) mass is 474 g/mol. The highest BCUT2D eigenvalue weighted by Gasteiger charge is 2.28. The van der Waals surface area contributed by atoms with Crippen LogP contribution in [0.2, 0.25) is 0 Å². The number of amidine groups is 1. The Morgan fingerprint density at radius 2 is 2.09 bits per heavy atom. The first-order chi connectivity index (χ1) is 15.5. The third-order valence-electron chi connectivity index (χ3n) is 5.99. The van der Waals surface area contributed by atoms with Gasteiger partial charge in [0, 0.05) is 36.1 Å². The second-order valence-electron chi connectivity index (χ2n) is 8.26. The van der Waals surface area contributed by atoms with Gasteiger partial charge in [-0.25, -0.2) is 8.42 Å². The quantitative estimate of drug-likeness (QED) is 0.663. The molecule has 32 heavy (non-hydrogen) atoms. The van der Waals surface area contributed by atoms with Gasteiger partial charge in [-0.2, -0.15) is 0 Å². The van der Waals surface area contributed by atoms with Crippen molar-refractivity contribution < 1.29 is 13.2 Å².